The monoisotopic (exact) mass is 433 g/mol. The number of fused-ring (bicyclic) bond motifs is 2. The summed E-state index contributed by atoms with van der Waals surface area (Å²) in [6, 6.07) is 3.73. The lowest BCUT2D eigenvalue weighted by atomic mass is 9.99. The van der Waals surface area contributed by atoms with Crippen molar-refractivity contribution >= 4 is 33.1 Å². The van der Waals surface area contributed by atoms with Crippen LogP contribution in [0.1, 0.15) is 44.8 Å². The SMILES string of the molecule is Cc1cc(S(=O)(=O)NCCNC(=O)Nc2c3c(cc4c2CCC4)CCC3)c(C)s1. The average Bonchev–Trinajstić information content (AvgIpc) is 3.38. The quantitative estimate of drug-likeness (QED) is 0.610. The Morgan fingerprint density at radius 3 is 2.24 bits per heavy atom. The molecule has 0 saturated carbocycles. The molecule has 1 aromatic heterocycles. The molecule has 2 amide bonds. The van der Waals surface area contributed by atoms with Gasteiger partial charge in [-0.1, -0.05) is 6.07 Å². The van der Waals surface area contributed by atoms with Crippen LogP contribution in [0.15, 0.2) is 17.0 Å². The van der Waals surface area contributed by atoms with Gasteiger partial charge in [0, 0.05) is 28.5 Å². The van der Waals surface area contributed by atoms with E-state index in [4.69, 9.17) is 0 Å². The molecule has 0 radical (unpaired) electrons. The molecule has 6 nitrogen and oxygen atoms in total. The van der Waals surface area contributed by atoms with Crippen LogP contribution in [0.3, 0.4) is 0 Å². The second-order valence-electron chi connectivity index (χ2n) is 7.79. The molecule has 3 N–H and O–H groups in total. The molecule has 8 heteroatoms. The van der Waals surface area contributed by atoms with Gasteiger partial charge in [-0.3, -0.25) is 0 Å². The fraction of sp³-hybridized carbons (Fsp3) is 0.476. The number of nitrogens with one attached hydrogen (secondary N) is 3. The van der Waals surface area contributed by atoms with E-state index < -0.39 is 10.0 Å². The van der Waals surface area contributed by atoms with Crippen LogP contribution in [0, 0.1) is 13.8 Å². The third-order valence-corrected chi connectivity index (χ3v) is 8.38. The standard InChI is InChI=1S/C21H27N3O3S2/c1-13-11-19(14(2)28-13)29(26,27)23-10-9-22-21(25)24-20-17-7-3-5-15(17)12-16-6-4-8-18(16)20/h11-12,23H,3-10H2,1-2H3,(H2,22,24,25). The molecule has 0 fully saturated rings. The summed E-state index contributed by atoms with van der Waals surface area (Å²) in [4.78, 5) is 14.5. The van der Waals surface area contributed by atoms with Crippen molar-refractivity contribution in [3.05, 3.63) is 44.1 Å². The van der Waals surface area contributed by atoms with Gasteiger partial charge >= 0.3 is 6.03 Å². The van der Waals surface area contributed by atoms with Crippen molar-refractivity contribution in [3.63, 3.8) is 0 Å². The largest absolute Gasteiger partial charge is 0.337 e. The minimum atomic E-state index is -3.55. The van der Waals surface area contributed by atoms with Crippen molar-refractivity contribution in [2.75, 3.05) is 18.4 Å². The number of anilines is 1. The van der Waals surface area contributed by atoms with Crippen LogP contribution < -0.4 is 15.4 Å². The lowest BCUT2D eigenvalue weighted by Crippen LogP contribution is -2.37. The maximum atomic E-state index is 12.5. The fourth-order valence-electron chi connectivity index (χ4n) is 4.44. The first-order valence-corrected chi connectivity index (χ1v) is 12.4. The zero-order valence-corrected chi connectivity index (χ0v) is 18.5. The molecule has 0 unspecified atom stereocenters. The van der Waals surface area contributed by atoms with Gasteiger partial charge in [-0.15, -0.1) is 11.3 Å². The molecule has 0 atom stereocenters. The van der Waals surface area contributed by atoms with Gasteiger partial charge in [0.15, 0.2) is 0 Å². The maximum Gasteiger partial charge on any atom is 0.319 e. The van der Waals surface area contributed by atoms with Crippen molar-refractivity contribution < 1.29 is 13.2 Å². The van der Waals surface area contributed by atoms with E-state index in [9.17, 15) is 13.2 Å². The number of urea groups is 1. The van der Waals surface area contributed by atoms with Crippen LogP contribution in [0.2, 0.25) is 0 Å². The van der Waals surface area contributed by atoms with Crippen LogP contribution in [-0.4, -0.2) is 27.5 Å². The van der Waals surface area contributed by atoms with E-state index in [2.05, 4.69) is 21.4 Å². The number of carbonyl (C=O) groups excluding carboxylic acids is 1. The van der Waals surface area contributed by atoms with Crippen molar-refractivity contribution in [2.24, 2.45) is 0 Å². The highest BCUT2D eigenvalue weighted by molar-refractivity contribution is 7.89. The summed E-state index contributed by atoms with van der Waals surface area (Å²) in [5.41, 5.74) is 6.30. The number of amides is 2. The van der Waals surface area contributed by atoms with E-state index in [1.165, 1.54) is 33.6 Å². The summed E-state index contributed by atoms with van der Waals surface area (Å²) in [6.45, 7) is 4.06. The predicted molar refractivity (Wildman–Crippen MR) is 116 cm³/mol. The highest BCUT2D eigenvalue weighted by Crippen LogP contribution is 2.38. The Kier molecular flexibility index (Phi) is 5.68. The number of aryl methyl sites for hydroxylation is 4. The molecule has 29 heavy (non-hydrogen) atoms. The third-order valence-electron chi connectivity index (χ3n) is 5.70. The number of thiophene rings is 1. The zero-order valence-electron chi connectivity index (χ0n) is 16.9. The minimum Gasteiger partial charge on any atom is -0.337 e. The average molecular weight is 434 g/mol. The molecule has 2 aromatic rings. The van der Waals surface area contributed by atoms with Crippen LogP contribution in [0.4, 0.5) is 10.5 Å². The normalized spacial score (nSPS) is 15.2. The van der Waals surface area contributed by atoms with Gasteiger partial charge in [0.1, 0.15) is 0 Å². The second kappa shape index (κ2) is 8.08. The topological polar surface area (TPSA) is 87.3 Å². The van der Waals surface area contributed by atoms with Crippen LogP contribution in [-0.2, 0) is 35.7 Å². The second-order valence-corrected chi connectivity index (χ2v) is 11.0. The minimum absolute atomic E-state index is 0.148. The van der Waals surface area contributed by atoms with Crippen molar-refractivity contribution in [1.29, 1.82) is 0 Å². The number of sulfonamides is 1. The summed E-state index contributed by atoms with van der Waals surface area (Å²) in [5.74, 6) is 0. The van der Waals surface area contributed by atoms with E-state index in [0.717, 1.165) is 54.0 Å². The molecule has 1 heterocycles. The van der Waals surface area contributed by atoms with E-state index in [1.54, 1.807) is 13.0 Å². The third kappa shape index (κ3) is 4.20. The smallest absolute Gasteiger partial charge is 0.319 e. The number of hydrogen-bond donors (Lipinski definition) is 3. The number of hydrogen-bond acceptors (Lipinski definition) is 4. The summed E-state index contributed by atoms with van der Waals surface area (Å²) in [5, 5.41) is 5.84. The van der Waals surface area contributed by atoms with Gasteiger partial charge in [-0.25, -0.2) is 17.9 Å². The molecular formula is C21H27N3O3S2. The molecule has 0 spiro atoms. The maximum absolute atomic E-state index is 12.5. The zero-order chi connectivity index (χ0) is 20.6. The van der Waals surface area contributed by atoms with E-state index in [-0.39, 0.29) is 19.1 Å². The van der Waals surface area contributed by atoms with Crippen molar-refractivity contribution in [1.82, 2.24) is 10.0 Å². The Bertz CT molecular complexity index is 1030. The van der Waals surface area contributed by atoms with E-state index in [0.29, 0.717) is 4.90 Å². The lowest BCUT2D eigenvalue weighted by molar-refractivity contribution is 0.252. The van der Waals surface area contributed by atoms with Gasteiger partial charge in [0.25, 0.3) is 0 Å². The molecule has 4 rings (SSSR count). The molecule has 2 aliphatic carbocycles. The van der Waals surface area contributed by atoms with E-state index >= 15 is 0 Å². The van der Waals surface area contributed by atoms with E-state index in [1.807, 2.05) is 6.92 Å². The Balaban J connectivity index is 1.34. The number of benzene rings is 1. The van der Waals surface area contributed by atoms with Gasteiger partial charge in [-0.2, -0.15) is 0 Å². The highest BCUT2D eigenvalue weighted by Gasteiger charge is 2.25. The summed E-state index contributed by atoms with van der Waals surface area (Å²) in [6.07, 6.45) is 6.47. The fourth-order valence-corrected chi connectivity index (χ4v) is 7.02. The Morgan fingerprint density at radius 1 is 1.00 bits per heavy atom. The lowest BCUT2D eigenvalue weighted by Gasteiger charge is -2.16. The van der Waals surface area contributed by atoms with Crippen LogP contribution in [0.25, 0.3) is 0 Å². The molecular weight excluding hydrogens is 406 g/mol. The Labute approximate surface area is 176 Å². The summed E-state index contributed by atoms with van der Waals surface area (Å²) < 4.78 is 27.4. The van der Waals surface area contributed by atoms with Gasteiger partial charge in [0.2, 0.25) is 10.0 Å². The van der Waals surface area contributed by atoms with Crippen molar-refractivity contribution in [2.45, 2.75) is 57.3 Å². The molecule has 0 saturated heterocycles. The van der Waals surface area contributed by atoms with Crippen molar-refractivity contribution in [3.8, 4) is 0 Å². The molecule has 0 aliphatic heterocycles. The molecule has 1 aromatic carbocycles. The molecule has 0 bridgehead atoms. The van der Waals surface area contributed by atoms with Gasteiger partial charge in [0.05, 0.1) is 4.90 Å². The molecule has 2 aliphatic rings. The summed E-state index contributed by atoms with van der Waals surface area (Å²) >= 11 is 1.46. The molecule has 156 valence electrons. The number of carbonyl (C=O) groups is 1. The number of rotatable bonds is 6. The Morgan fingerprint density at radius 2 is 1.66 bits per heavy atom. The van der Waals surface area contributed by atoms with Crippen LogP contribution >= 0.6 is 11.3 Å². The first kappa shape index (κ1) is 20.4. The van der Waals surface area contributed by atoms with Gasteiger partial charge < -0.3 is 10.6 Å². The summed E-state index contributed by atoms with van der Waals surface area (Å²) in [7, 11) is -3.55. The Hall–Kier alpha value is -1.90. The van der Waals surface area contributed by atoms with Crippen LogP contribution in [0.5, 0.6) is 0 Å². The highest BCUT2D eigenvalue weighted by atomic mass is 32.2. The predicted octanol–water partition coefficient (Wildman–Crippen LogP) is 3.44. The first-order chi connectivity index (χ1) is 13.8. The first-order valence-electron chi connectivity index (χ1n) is 10.1. The van der Waals surface area contributed by atoms with Gasteiger partial charge in [-0.05, 0) is 80.7 Å².